The number of carbonyl (C=O) groups is 1. The number of hydrogen-bond donors (Lipinski definition) is 2. The molecule has 0 fully saturated rings. The molecule has 2 unspecified atom stereocenters. The van der Waals surface area contributed by atoms with Crippen LogP contribution in [0.5, 0.6) is 0 Å². The van der Waals surface area contributed by atoms with Gasteiger partial charge in [0.05, 0.1) is 6.04 Å². The predicted octanol–water partition coefficient (Wildman–Crippen LogP) is 2.87. The number of rotatable bonds is 7. The molecule has 0 saturated heterocycles. The van der Waals surface area contributed by atoms with Gasteiger partial charge in [0.25, 0.3) is 0 Å². The summed E-state index contributed by atoms with van der Waals surface area (Å²) < 4.78 is 0. The first-order chi connectivity index (χ1) is 9.06. The zero-order valence-corrected chi connectivity index (χ0v) is 12.2. The van der Waals surface area contributed by atoms with E-state index in [9.17, 15) is 4.79 Å². The number of benzene rings is 1. The van der Waals surface area contributed by atoms with E-state index in [1.807, 2.05) is 25.1 Å². The summed E-state index contributed by atoms with van der Waals surface area (Å²) in [4.78, 5) is 12.2. The van der Waals surface area contributed by atoms with Gasteiger partial charge in [-0.3, -0.25) is 4.79 Å². The third-order valence-corrected chi connectivity index (χ3v) is 3.41. The van der Waals surface area contributed by atoms with Gasteiger partial charge in [0.15, 0.2) is 0 Å². The highest BCUT2D eigenvalue weighted by Crippen LogP contribution is 2.22. The zero-order chi connectivity index (χ0) is 14.3. The summed E-state index contributed by atoms with van der Waals surface area (Å²) in [5.74, 6) is 0.512. The maximum absolute atomic E-state index is 12.2. The summed E-state index contributed by atoms with van der Waals surface area (Å²) >= 11 is 0. The second-order valence-corrected chi connectivity index (χ2v) is 5.47. The second kappa shape index (κ2) is 7.95. The fraction of sp³-hybridized carbons (Fsp3) is 0.562. The number of hydrogen-bond acceptors (Lipinski definition) is 2. The molecule has 0 bridgehead atoms. The molecule has 3 N–H and O–H groups in total. The lowest BCUT2D eigenvalue weighted by Gasteiger charge is -2.24. The van der Waals surface area contributed by atoms with E-state index in [0.717, 1.165) is 18.4 Å². The molecule has 3 heteroatoms. The van der Waals surface area contributed by atoms with E-state index >= 15 is 0 Å². The van der Waals surface area contributed by atoms with Crippen molar-refractivity contribution in [3.8, 4) is 0 Å². The van der Waals surface area contributed by atoms with Crippen molar-refractivity contribution in [3.63, 3.8) is 0 Å². The van der Waals surface area contributed by atoms with Crippen molar-refractivity contribution in [2.24, 2.45) is 17.6 Å². The summed E-state index contributed by atoms with van der Waals surface area (Å²) in [5.41, 5.74) is 6.65. The molecule has 1 aromatic rings. The minimum atomic E-state index is 0.0218. The topological polar surface area (TPSA) is 55.1 Å². The third kappa shape index (κ3) is 5.03. The molecule has 3 nitrogen and oxygen atoms in total. The molecule has 0 aliphatic carbocycles. The quantitative estimate of drug-likeness (QED) is 0.794. The highest BCUT2D eigenvalue weighted by molar-refractivity contribution is 5.78. The standard InChI is InChI=1S/C16H26N2O/c1-12(2)15(14-9-5-4-6-10-14)18-16(19)13(3)8-7-11-17/h4-6,9-10,12-13,15H,7-8,11,17H2,1-3H3,(H,18,19). The van der Waals surface area contributed by atoms with Crippen molar-refractivity contribution in [1.29, 1.82) is 0 Å². The van der Waals surface area contributed by atoms with Gasteiger partial charge in [-0.1, -0.05) is 51.1 Å². The molecule has 19 heavy (non-hydrogen) atoms. The summed E-state index contributed by atoms with van der Waals surface area (Å²) in [5, 5.41) is 3.16. The van der Waals surface area contributed by atoms with Gasteiger partial charge in [-0.15, -0.1) is 0 Å². The highest BCUT2D eigenvalue weighted by atomic mass is 16.1. The van der Waals surface area contributed by atoms with Crippen LogP contribution in [0.15, 0.2) is 30.3 Å². The molecule has 1 rings (SSSR count). The van der Waals surface area contributed by atoms with Crippen LogP contribution in [0, 0.1) is 11.8 Å². The van der Waals surface area contributed by atoms with E-state index in [2.05, 4.69) is 31.3 Å². The van der Waals surface area contributed by atoms with E-state index in [-0.39, 0.29) is 17.9 Å². The molecule has 0 aromatic heterocycles. The fourth-order valence-corrected chi connectivity index (χ4v) is 2.15. The van der Waals surface area contributed by atoms with Crippen LogP contribution in [0.3, 0.4) is 0 Å². The largest absolute Gasteiger partial charge is 0.349 e. The first-order valence-electron chi connectivity index (χ1n) is 7.11. The van der Waals surface area contributed by atoms with Crippen molar-refractivity contribution >= 4 is 5.91 Å². The van der Waals surface area contributed by atoms with Crippen LogP contribution in [-0.2, 0) is 4.79 Å². The van der Waals surface area contributed by atoms with Gasteiger partial charge in [0.1, 0.15) is 0 Å². The Morgan fingerprint density at radius 2 is 1.84 bits per heavy atom. The molecule has 0 heterocycles. The lowest BCUT2D eigenvalue weighted by molar-refractivity contribution is -0.125. The van der Waals surface area contributed by atoms with Crippen LogP contribution in [0.1, 0.15) is 45.2 Å². The van der Waals surface area contributed by atoms with Gasteiger partial charge < -0.3 is 11.1 Å². The van der Waals surface area contributed by atoms with E-state index in [4.69, 9.17) is 5.73 Å². The minimum Gasteiger partial charge on any atom is -0.349 e. The van der Waals surface area contributed by atoms with Gasteiger partial charge in [-0.25, -0.2) is 0 Å². The molecular formula is C16H26N2O. The van der Waals surface area contributed by atoms with Crippen molar-refractivity contribution in [2.75, 3.05) is 6.54 Å². The molecule has 1 aromatic carbocycles. The Labute approximate surface area is 116 Å². The van der Waals surface area contributed by atoms with Gasteiger partial charge in [0, 0.05) is 5.92 Å². The molecule has 0 saturated carbocycles. The van der Waals surface area contributed by atoms with Crippen LogP contribution in [0.25, 0.3) is 0 Å². The molecular weight excluding hydrogens is 236 g/mol. The monoisotopic (exact) mass is 262 g/mol. The van der Waals surface area contributed by atoms with Crippen LogP contribution in [-0.4, -0.2) is 12.5 Å². The second-order valence-electron chi connectivity index (χ2n) is 5.47. The number of amides is 1. The maximum Gasteiger partial charge on any atom is 0.223 e. The lowest BCUT2D eigenvalue weighted by Crippen LogP contribution is -2.35. The highest BCUT2D eigenvalue weighted by Gasteiger charge is 2.20. The molecule has 106 valence electrons. The molecule has 0 spiro atoms. The van der Waals surface area contributed by atoms with E-state index in [0.29, 0.717) is 12.5 Å². The fourth-order valence-electron chi connectivity index (χ4n) is 2.15. The van der Waals surface area contributed by atoms with Crippen molar-refractivity contribution in [3.05, 3.63) is 35.9 Å². The predicted molar refractivity (Wildman–Crippen MR) is 79.6 cm³/mol. The Hall–Kier alpha value is -1.35. The van der Waals surface area contributed by atoms with Crippen molar-refractivity contribution in [2.45, 2.75) is 39.7 Å². The number of nitrogens with one attached hydrogen (secondary N) is 1. The zero-order valence-electron chi connectivity index (χ0n) is 12.2. The smallest absolute Gasteiger partial charge is 0.223 e. The SMILES string of the molecule is CC(CCCN)C(=O)NC(c1ccccc1)C(C)C. The van der Waals surface area contributed by atoms with Crippen LogP contribution < -0.4 is 11.1 Å². The summed E-state index contributed by atoms with van der Waals surface area (Å²) in [6.45, 7) is 6.86. The van der Waals surface area contributed by atoms with Crippen LogP contribution in [0.4, 0.5) is 0 Å². The van der Waals surface area contributed by atoms with Gasteiger partial charge in [0.2, 0.25) is 5.91 Å². The van der Waals surface area contributed by atoms with Crippen LogP contribution >= 0.6 is 0 Å². The maximum atomic E-state index is 12.2. The third-order valence-electron chi connectivity index (χ3n) is 3.41. The minimum absolute atomic E-state index is 0.0218. The number of nitrogens with two attached hydrogens (primary N) is 1. The van der Waals surface area contributed by atoms with E-state index in [1.54, 1.807) is 0 Å². The molecule has 0 aliphatic rings. The average molecular weight is 262 g/mol. The Balaban J connectivity index is 2.67. The van der Waals surface area contributed by atoms with E-state index in [1.165, 1.54) is 0 Å². The molecule has 1 amide bonds. The average Bonchev–Trinajstić information content (AvgIpc) is 2.42. The summed E-state index contributed by atoms with van der Waals surface area (Å²) in [6, 6.07) is 10.2. The van der Waals surface area contributed by atoms with Crippen molar-refractivity contribution in [1.82, 2.24) is 5.32 Å². The Morgan fingerprint density at radius 1 is 1.21 bits per heavy atom. The summed E-state index contributed by atoms with van der Waals surface area (Å²) in [7, 11) is 0. The molecule has 0 aliphatic heterocycles. The van der Waals surface area contributed by atoms with Gasteiger partial charge >= 0.3 is 0 Å². The number of carbonyl (C=O) groups excluding carboxylic acids is 1. The molecule has 2 atom stereocenters. The van der Waals surface area contributed by atoms with Gasteiger partial charge in [-0.05, 0) is 30.9 Å². The van der Waals surface area contributed by atoms with Gasteiger partial charge in [-0.2, -0.15) is 0 Å². The molecule has 0 radical (unpaired) electrons. The Kier molecular flexibility index (Phi) is 6.57. The summed E-state index contributed by atoms with van der Waals surface area (Å²) in [6.07, 6.45) is 1.74. The lowest BCUT2D eigenvalue weighted by atomic mass is 9.94. The first kappa shape index (κ1) is 15.7. The Morgan fingerprint density at radius 3 is 2.37 bits per heavy atom. The van der Waals surface area contributed by atoms with E-state index < -0.39 is 0 Å². The first-order valence-corrected chi connectivity index (χ1v) is 7.11. The van der Waals surface area contributed by atoms with Crippen molar-refractivity contribution < 1.29 is 4.79 Å². The normalized spacial score (nSPS) is 14.2. The van der Waals surface area contributed by atoms with Crippen LogP contribution in [0.2, 0.25) is 0 Å². The Bertz CT molecular complexity index is 376.